The summed E-state index contributed by atoms with van der Waals surface area (Å²) >= 11 is 0. The minimum Gasteiger partial charge on any atom is -0.480 e. The number of hydrogen-bond acceptors (Lipinski definition) is 5. The number of alkyl carbamates (subject to hydrolysis) is 1. The smallest absolute Gasteiger partial charge is 0.407 e. The van der Waals surface area contributed by atoms with Crippen LogP contribution < -0.4 is 5.32 Å². The van der Waals surface area contributed by atoms with Gasteiger partial charge in [0.05, 0.1) is 6.10 Å². The number of carbonyl (C=O) groups excluding carboxylic acids is 2. The molecule has 4 rings (SSSR count). The summed E-state index contributed by atoms with van der Waals surface area (Å²) < 4.78 is 5.52. The summed E-state index contributed by atoms with van der Waals surface area (Å²) in [5.74, 6) is -1.46. The average Bonchev–Trinajstić information content (AvgIpc) is 3.36. The fourth-order valence-electron chi connectivity index (χ4n) is 4.91. The fourth-order valence-corrected chi connectivity index (χ4v) is 4.91. The quantitative estimate of drug-likeness (QED) is 0.551. The Balaban J connectivity index is 1.22. The largest absolute Gasteiger partial charge is 0.480 e. The number of hydrogen-bond donors (Lipinski definition) is 3. The zero-order valence-corrected chi connectivity index (χ0v) is 19.1. The molecule has 3 N–H and O–H groups in total. The van der Waals surface area contributed by atoms with Gasteiger partial charge in [-0.1, -0.05) is 55.5 Å². The molecule has 1 aliphatic heterocycles. The number of nitrogens with one attached hydrogen (secondary N) is 1. The Labute approximate surface area is 198 Å². The molecule has 1 heterocycles. The molecule has 34 heavy (non-hydrogen) atoms. The maximum absolute atomic E-state index is 12.5. The number of β-amino-alcohol motifs (C(OH)–C–C–N with tert-alkyl or cyclic N) is 1. The van der Waals surface area contributed by atoms with Crippen LogP contribution in [0.3, 0.4) is 0 Å². The van der Waals surface area contributed by atoms with E-state index in [1.165, 1.54) is 16.0 Å². The maximum Gasteiger partial charge on any atom is 0.407 e. The predicted octanol–water partition coefficient (Wildman–Crippen LogP) is 2.99. The molecule has 0 aromatic heterocycles. The fraction of sp³-hybridized carbons (Fsp3) is 0.423. The lowest BCUT2D eigenvalue weighted by molar-refractivity contribution is -0.148. The van der Waals surface area contributed by atoms with E-state index >= 15 is 0 Å². The summed E-state index contributed by atoms with van der Waals surface area (Å²) in [7, 11) is 0. The summed E-state index contributed by atoms with van der Waals surface area (Å²) in [5, 5.41) is 21.7. The highest BCUT2D eigenvalue weighted by Gasteiger charge is 2.39. The Kier molecular flexibility index (Phi) is 7.17. The Hall–Kier alpha value is -3.39. The van der Waals surface area contributed by atoms with Gasteiger partial charge in [-0.15, -0.1) is 0 Å². The Morgan fingerprint density at radius 3 is 2.32 bits per heavy atom. The lowest BCUT2D eigenvalue weighted by Crippen LogP contribution is -2.41. The van der Waals surface area contributed by atoms with Gasteiger partial charge < -0.3 is 25.2 Å². The highest BCUT2D eigenvalue weighted by molar-refractivity contribution is 5.84. The van der Waals surface area contributed by atoms with Crippen molar-refractivity contribution in [2.45, 2.75) is 44.2 Å². The first-order valence-electron chi connectivity index (χ1n) is 11.6. The minimum absolute atomic E-state index is 0.00677. The van der Waals surface area contributed by atoms with Crippen LogP contribution in [0, 0.1) is 5.92 Å². The third-order valence-corrected chi connectivity index (χ3v) is 6.66. The molecule has 0 bridgehead atoms. The predicted molar refractivity (Wildman–Crippen MR) is 125 cm³/mol. The van der Waals surface area contributed by atoms with E-state index in [1.807, 2.05) is 31.2 Å². The van der Waals surface area contributed by atoms with Crippen LogP contribution in [0.15, 0.2) is 48.5 Å². The number of aliphatic hydroxyl groups is 1. The molecule has 0 saturated carbocycles. The van der Waals surface area contributed by atoms with Crippen LogP contribution >= 0.6 is 0 Å². The Morgan fingerprint density at radius 1 is 1.09 bits per heavy atom. The van der Waals surface area contributed by atoms with Gasteiger partial charge in [0, 0.05) is 31.8 Å². The van der Waals surface area contributed by atoms with Crippen LogP contribution in [0.2, 0.25) is 0 Å². The van der Waals surface area contributed by atoms with E-state index < -0.39 is 24.2 Å². The van der Waals surface area contributed by atoms with Crippen molar-refractivity contribution < 1.29 is 29.3 Å². The van der Waals surface area contributed by atoms with Crippen LogP contribution in [0.4, 0.5) is 4.79 Å². The third kappa shape index (κ3) is 5.07. The number of benzene rings is 2. The molecule has 1 unspecified atom stereocenters. The molecule has 2 aromatic carbocycles. The van der Waals surface area contributed by atoms with E-state index in [1.54, 1.807) is 0 Å². The average molecular weight is 467 g/mol. The number of carbonyl (C=O) groups is 3. The first-order valence-corrected chi connectivity index (χ1v) is 11.6. The molecule has 8 heteroatoms. The second kappa shape index (κ2) is 10.3. The Bertz CT molecular complexity index is 1030. The maximum atomic E-state index is 12.5. The third-order valence-electron chi connectivity index (χ3n) is 6.66. The molecule has 2 aromatic rings. The molecule has 3 atom stereocenters. The van der Waals surface area contributed by atoms with Gasteiger partial charge in [-0.3, -0.25) is 4.79 Å². The zero-order chi connectivity index (χ0) is 24.2. The van der Waals surface area contributed by atoms with Gasteiger partial charge in [-0.2, -0.15) is 0 Å². The number of carboxylic acids is 1. The molecule has 1 fully saturated rings. The number of aliphatic hydroxyl groups excluding tert-OH is 1. The minimum atomic E-state index is -1.10. The van der Waals surface area contributed by atoms with Crippen LogP contribution in [0.1, 0.15) is 43.2 Å². The van der Waals surface area contributed by atoms with Gasteiger partial charge in [-0.25, -0.2) is 9.59 Å². The Morgan fingerprint density at radius 2 is 1.71 bits per heavy atom. The molecular weight excluding hydrogens is 436 g/mol. The number of amides is 2. The molecule has 2 amide bonds. The number of nitrogens with zero attached hydrogens (tertiary/aromatic N) is 1. The number of carboxylic acid groups (broad SMARTS) is 1. The first kappa shape index (κ1) is 23.8. The van der Waals surface area contributed by atoms with Crippen molar-refractivity contribution in [2.75, 3.05) is 19.7 Å². The monoisotopic (exact) mass is 466 g/mol. The van der Waals surface area contributed by atoms with E-state index in [9.17, 15) is 24.6 Å². The van der Waals surface area contributed by atoms with Gasteiger partial charge >= 0.3 is 12.1 Å². The van der Waals surface area contributed by atoms with E-state index in [0.29, 0.717) is 13.0 Å². The normalized spacial score (nSPS) is 19.9. The van der Waals surface area contributed by atoms with Crippen molar-refractivity contribution in [1.29, 1.82) is 0 Å². The van der Waals surface area contributed by atoms with Crippen LogP contribution in [0.5, 0.6) is 0 Å². The van der Waals surface area contributed by atoms with Crippen molar-refractivity contribution in [3.8, 4) is 11.1 Å². The standard InChI is InChI=1S/C26H30N2O6/c1-16(12-24(30)28-14-17(29)13-23(28)25(31)32)10-11-27-26(33)34-15-22-20-8-4-2-6-18(20)19-7-3-5-9-21(19)22/h2-9,16-17,22-23,29H,10-15H2,1H3,(H,27,33)(H,31,32)/t16?,17-,23-/m0/s1. The SMILES string of the molecule is CC(CCNC(=O)OCC1c2ccccc2-c2ccccc21)CC(=O)N1C[C@@H](O)C[C@H]1C(=O)O. The molecule has 180 valence electrons. The van der Waals surface area contributed by atoms with E-state index in [4.69, 9.17) is 4.74 Å². The second-order valence-corrected chi connectivity index (χ2v) is 9.14. The highest BCUT2D eigenvalue weighted by atomic mass is 16.5. The van der Waals surface area contributed by atoms with Gasteiger partial charge in [0.25, 0.3) is 0 Å². The molecule has 2 aliphatic rings. The van der Waals surface area contributed by atoms with Gasteiger partial charge in [-0.05, 0) is 34.6 Å². The molecule has 0 spiro atoms. The summed E-state index contributed by atoms with van der Waals surface area (Å²) in [6.07, 6.45) is -0.560. The summed E-state index contributed by atoms with van der Waals surface area (Å²) in [6, 6.07) is 15.3. The van der Waals surface area contributed by atoms with Crippen LogP contribution in [0.25, 0.3) is 11.1 Å². The number of rotatable bonds is 8. The van der Waals surface area contributed by atoms with E-state index in [2.05, 4.69) is 29.6 Å². The first-order chi connectivity index (χ1) is 16.3. The van der Waals surface area contributed by atoms with Gasteiger partial charge in [0.1, 0.15) is 12.6 Å². The van der Waals surface area contributed by atoms with Gasteiger partial charge in [0.2, 0.25) is 5.91 Å². The molecular formula is C26H30N2O6. The summed E-state index contributed by atoms with van der Waals surface area (Å²) in [4.78, 5) is 37.4. The van der Waals surface area contributed by atoms with Crippen molar-refractivity contribution in [3.63, 3.8) is 0 Å². The van der Waals surface area contributed by atoms with Gasteiger partial charge in [0.15, 0.2) is 0 Å². The van der Waals surface area contributed by atoms with Crippen LogP contribution in [-0.2, 0) is 14.3 Å². The molecule has 0 radical (unpaired) electrons. The van der Waals surface area contributed by atoms with E-state index in [0.717, 1.165) is 11.1 Å². The van der Waals surface area contributed by atoms with Crippen molar-refractivity contribution in [1.82, 2.24) is 10.2 Å². The highest BCUT2D eigenvalue weighted by Crippen LogP contribution is 2.44. The second-order valence-electron chi connectivity index (χ2n) is 9.14. The molecule has 1 saturated heterocycles. The zero-order valence-electron chi connectivity index (χ0n) is 19.1. The number of ether oxygens (including phenoxy) is 1. The lowest BCUT2D eigenvalue weighted by Gasteiger charge is -2.23. The van der Waals surface area contributed by atoms with Crippen molar-refractivity contribution >= 4 is 18.0 Å². The number of fused-ring (bicyclic) bond motifs is 3. The lowest BCUT2D eigenvalue weighted by atomic mass is 9.98. The number of aliphatic carboxylic acids is 1. The topological polar surface area (TPSA) is 116 Å². The molecule has 1 aliphatic carbocycles. The summed E-state index contributed by atoms with van der Waals surface area (Å²) in [5.41, 5.74) is 4.63. The molecule has 8 nitrogen and oxygen atoms in total. The van der Waals surface area contributed by atoms with Crippen molar-refractivity contribution in [3.05, 3.63) is 59.7 Å². The number of likely N-dealkylation sites (tertiary alicyclic amines) is 1. The van der Waals surface area contributed by atoms with E-state index in [-0.39, 0.29) is 43.7 Å². The van der Waals surface area contributed by atoms with Crippen LogP contribution in [-0.4, -0.2) is 64.9 Å². The summed E-state index contributed by atoms with van der Waals surface area (Å²) in [6.45, 7) is 2.50. The van der Waals surface area contributed by atoms with Crippen molar-refractivity contribution in [2.24, 2.45) is 5.92 Å².